The van der Waals surface area contributed by atoms with Crippen molar-refractivity contribution in [3.8, 4) is 0 Å². The van der Waals surface area contributed by atoms with Crippen LogP contribution in [-0.2, 0) is 13.6 Å². The second-order valence-electron chi connectivity index (χ2n) is 7.16. The molecule has 0 bridgehead atoms. The molecule has 0 radical (unpaired) electrons. The van der Waals surface area contributed by atoms with Gasteiger partial charge in [-0.15, -0.1) is 10.2 Å². The van der Waals surface area contributed by atoms with Crippen molar-refractivity contribution in [1.29, 1.82) is 0 Å². The van der Waals surface area contributed by atoms with Crippen LogP contribution >= 0.6 is 0 Å². The van der Waals surface area contributed by atoms with Crippen LogP contribution in [0.3, 0.4) is 0 Å². The highest BCUT2D eigenvalue weighted by Crippen LogP contribution is 2.18. The summed E-state index contributed by atoms with van der Waals surface area (Å²) in [5.74, 6) is 0.976. The third kappa shape index (κ3) is 3.33. The molecular weight excluding hydrogens is 368 g/mol. The second-order valence-corrected chi connectivity index (χ2v) is 7.16. The largest absolute Gasteiger partial charge is 0.377 e. The van der Waals surface area contributed by atoms with Crippen molar-refractivity contribution >= 4 is 28.3 Å². The number of nitrogens with one attached hydrogen (secondary N) is 2. The lowest BCUT2D eigenvalue weighted by atomic mass is 10.1. The van der Waals surface area contributed by atoms with Gasteiger partial charge in [-0.05, 0) is 38.1 Å². The van der Waals surface area contributed by atoms with Gasteiger partial charge < -0.3 is 10.6 Å². The molecule has 4 aromatic rings. The van der Waals surface area contributed by atoms with E-state index < -0.39 is 0 Å². The minimum Gasteiger partial charge on any atom is -0.377 e. The van der Waals surface area contributed by atoms with Crippen LogP contribution in [0.2, 0.25) is 0 Å². The minimum absolute atomic E-state index is 0.0450. The summed E-state index contributed by atoms with van der Waals surface area (Å²) >= 11 is 0. The molecule has 2 aromatic carbocycles. The number of aromatic nitrogens is 4. The van der Waals surface area contributed by atoms with Crippen molar-refractivity contribution < 1.29 is 4.79 Å². The second kappa shape index (κ2) is 7.38. The number of carbonyl (C=O) groups is 1. The topological polar surface area (TPSA) is 93.3 Å². The Hall–Kier alpha value is -3.68. The van der Waals surface area contributed by atoms with E-state index in [2.05, 4.69) is 20.8 Å². The number of anilines is 1. The van der Waals surface area contributed by atoms with E-state index in [1.165, 1.54) is 4.57 Å². The van der Waals surface area contributed by atoms with Crippen LogP contribution in [0.5, 0.6) is 0 Å². The van der Waals surface area contributed by atoms with Crippen LogP contribution < -0.4 is 16.2 Å². The first-order valence-corrected chi connectivity index (χ1v) is 9.43. The first-order valence-electron chi connectivity index (χ1n) is 9.43. The predicted molar refractivity (Wildman–Crippen MR) is 112 cm³/mol. The highest BCUT2D eigenvalue weighted by Gasteiger charge is 2.16. The predicted octanol–water partition coefficient (Wildman–Crippen LogP) is 2.33. The summed E-state index contributed by atoms with van der Waals surface area (Å²) in [5.41, 5.74) is 1.90. The fourth-order valence-corrected chi connectivity index (χ4v) is 3.36. The molecule has 8 nitrogen and oxygen atoms in total. The van der Waals surface area contributed by atoms with E-state index in [4.69, 9.17) is 0 Å². The van der Waals surface area contributed by atoms with Gasteiger partial charge in [-0.2, -0.15) is 0 Å². The van der Waals surface area contributed by atoms with Gasteiger partial charge in [0.25, 0.3) is 11.5 Å². The molecule has 0 fully saturated rings. The van der Waals surface area contributed by atoms with Crippen LogP contribution in [0, 0.1) is 0 Å². The average molecular weight is 390 g/mol. The van der Waals surface area contributed by atoms with Crippen molar-refractivity contribution in [3.05, 3.63) is 70.3 Å². The molecule has 2 N–H and O–H groups in total. The summed E-state index contributed by atoms with van der Waals surface area (Å²) in [5, 5.41) is 15.3. The zero-order chi connectivity index (χ0) is 20.5. The molecule has 29 heavy (non-hydrogen) atoms. The van der Waals surface area contributed by atoms with Crippen LogP contribution in [0.1, 0.15) is 30.0 Å². The normalized spacial score (nSPS) is 11.3. The van der Waals surface area contributed by atoms with E-state index >= 15 is 0 Å². The summed E-state index contributed by atoms with van der Waals surface area (Å²) < 4.78 is 3.35. The summed E-state index contributed by atoms with van der Waals surface area (Å²) in [6.07, 6.45) is 0. The van der Waals surface area contributed by atoms with Gasteiger partial charge in [0.1, 0.15) is 0 Å². The van der Waals surface area contributed by atoms with Crippen LogP contribution in [0.4, 0.5) is 5.69 Å². The molecule has 0 aliphatic carbocycles. The minimum atomic E-state index is -0.137. The summed E-state index contributed by atoms with van der Waals surface area (Å²) in [6.45, 7) is 4.19. The maximum absolute atomic E-state index is 12.6. The molecule has 4 rings (SSSR count). The number of fused-ring (bicyclic) bond motifs is 3. The Bertz CT molecular complexity index is 1270. The fraction of sp³-hybridized carbons (Fsp3) is 0.238. The first-order chi connectivity index (χ1) is 14.0. The highest BCUT2D eigenvalue weighted by molar-refractivity contribution is 5.99. The first kappa shape index (κ1) is 18.7. The molecule has 148 valence electrons. The number of nitrogens with zero attached hydrogens (tertiary/aromatic N) is 4. The lowest BCUT2D eigenvalue weighted by Gasteiger charge is -2.14. The van der Waals surface area contributed by atoms with Gasteiger partial charge in [-0.25, -0.2) is 0 Å². The SMILES string of the molecule is CC(C)NC(=O)c1ccccc1NCc1nnc2n(C)c(=O)c3ccccc3n12. The molecule has 0 aliphatic rings. The fourth-order valence-electron chi connectivity index (χ4n) is 3.36. The third-order valence-corrected chi connectivity index (χ3v) is 4.72. The van der Waals surface area contributed by atoms with Gasteiger partial charge in [-0.1, -0.05) is 24.3 Å². The van der Waals surface area contributed by atoms with E-state index in [0.29, 0.717) is 34.8 Å². The Kier molecular flexibility index (Phi) is 4.75. The zero-order valence-electron chi connectivity index (χ0n) is 16.5. The van der Waals surface area contributed by atoms with E-state index in [-0.39, 0.29) is 17.5 Å². The average Bonchev–Trinajstić information content (AvgIpc) is 3.14. The van der Waals surface area contributed by atoms with Crippen LogP contribution in [0.25, 0.3) is 16.7 Å². The number of para-hydroxylation sites is 2. The van der Waals surface area contributed by atoms with Crippen molar-refractivity contribution in [3.63, 3.8) is 0 Å². The van der Waals surface area contributed by atoms with Crippen LogP contribution in [0.15, 0.2) is 53.3 Å². The molecular formula is C21H22N6O2. The monoisotopic (exact) mass is 390 g/mol. The number of carbonyl (C=O) groups excluding carboxylic acids is 1. The van der Waals surface area contributed by atoms with Gasteiger partial charge in [0.05, 0.1) is 23.0 Å². The molecule has 2 aromatic heterocycles. The Balaban J connectivity index is 1.73. The standard InChI is InChI=1S/C21H22N6O2/c1-13(2)23-19(28)14-8-4-6-10-16(14)22-12-18-24-25-21-26(3)20(29)15-9-5-7-11-17(15)27(18)21/h4-11,13,22H,12H2,1-3H3,(H,23,28). The smallest absolute Gasteiger partial charge is 0.262 e. The van der Waals surface area contributed by atoms with E-state index in [9.17, 15) is 9.59 Å². The van der Waals surface area contributed by atoms with E-state index in [0.717, 1.165) is 5.52 Å². The molecule has 1 amide bonds. The Morgan fingerprint density at radius 3 is 2.59 bits per heavy atom. The lowest BCUT2D eigenvalue weighted by molar-refractivity contribution is 0.0944. The van der Waals surface area contributed by atoms with Gasteiger partial charge in [0.2, 0.25) is 5.78 Å². The van der Waals surface area contributed by atoms with Crippen molar-refractivity contribution in [2.75, 3.05) is 5.32 Å². The molecule has 0 spiro atoms. The summed E-state index contributed by atoms with van der Waals surface area (Å²) in [6, 6.07) is 14.8. The molecule has 0 unspecified atom stereocenters. The zero-order valence-corrected chi connectivity index (χ0v) is 16.5. The molecule has 0 atom stereocenters. The number of aryl methyl sites for hydroxylation is 1. The van der Waals surface area contributed by atoms with Gasteiger partial charge >= 0.3 is 0 Å². The molecule has 0 saturated heterocycles. The molecule has 0 saturated carbocycles. The summed E-state index contributed by atoms with van der Waals surface area (Å²) in [7, 11) is 1.68. The Morgan fingerprint density at radius 2 is 1.79 bits per heavy atom. The van der Waals surface area contributed by atoms with Crippen molar-refractivity contribution in [1.82, 2.24) is 24.5 Å². The van der Waals surface area contributed by atoms with E-state index in [1.807, 2.05) is 54.6 Å². The van der Waals surface area contributed by atoms with Gasteiger partial charge in [0, 0.05) is 18.8 Å². The van der Waals surface area contributed by atoms with Crippen molar-refractivity contribution in [2.45, 2.75) is 26.4 Å². The highest BCUT2D eigenvalue weighted by atomic mass is 16.1. The Morgan fingerprint density at radius 1 is 1.07 bits per heavy atom. The number of amides is 1. The molecule has 8 heteroatoms. The number of rotatable bonds is 5. The maximum atomic E-state index is 12.6. The third-order valence-electron chi connectivity index (χ3n) is 4.72. The quantitative estimate of drug-likeness (QED) is 0.546. The number of hydrogen-bond acceptors (Lipinski definition) is 5. The molecule has 0 aliphatic heterocycles. The summed E-state index contributed by atoms with van der Waals surface area (Å²) in [4.78, 5) is 25.0. The van der Waals surface area contributed by atoms with E-state index in [1.54, 1.807) is 19.2 Å². The lowest BCUT2D eigenvalue weighted by Crippen LogP contribution is -2.30. The number of benzene rings is 2. The number of hydrogen-bond donors (Lipinski definition) is 2. The van der Waals surface area contributed by atoms with Gasteiger partial charge in [0.15, 0.2) is 5.82 Å². The van der Waals surface area contributed by atoms with Crippen molar-refractivity contribution in [2.24, 2.45) is 7.05 Å². The van der Waals surface area contributed by atoms with Crippen LogP contribution in [-0.4, -0.2) is 31.1 Å². The maximum Gasteiger partial charge on any atom is 0.262 e. The Labute approximate surface area is 167 Å². The van der Waals surface area contributed by atoms with Gasteiger partial charge in [-0.3, -0.25) is 18.6 Å². The molecule has 2 heterocycles.